The van der Waals surface area contributed by atoms with E-state index in [9.17, 15) is 0 Å². The Morgan fingerprint density at radius 2 is 2.00 bits per heavy atom. The van der Waals surface area contributed by atoms with Gasteiger partial charge in [0, 0.05) is 11.7 Å². The molecule has 2 atom stereocenters. The molecule has 0 aliphatic heterocycles. The van der Waals surface area contributed by atoms with Crippen LogP contribution in [-0.2, 0) is 0 Å². The molecule has 0 bridgehead atoms. The van der Waals surface area contributed by atoms with Gasteiger partial charge in [-0.15, -0.1) is 0 Å². The fourth-order valence-corrected chi connectivity index (χ4v) is 2.44. The molecule has 0 saturated heterocycles. The lowest BCUT2D eigenvalue weighted by atomic mass is 10.1. The van der Waals surface area contributed by atoms with Crippen molar-refractivity contribution in [1.29, 1.82) is 0 Å². The van der Waals surface area contributed by atoms with Crippen molar-refractivity contribution in [3.8, 4) is 5.75 Å². The van der Waals surface area contributed by atoms with E-state index in [1.807, 2.05) is 0 Å². The van der Waals surface area contributed by atoms with Crippen LogP contribution in [0.4, 0.5) is 5.69 Å². The molecule has 0 radical (unpaired) electrons. The smallest absolute Gasteiger partial charge is 0.119 e. The van der Waals surface area contributed by atoms with E-state index < -0.39 is 0 Å². The number of hydrogen-bond acceptors (Lipinski definition) is 2. The fourth-order valence-electron chi connectivity index (χ4n) is 2.44. The summed E-state index contributed by atoms with van der Waals surface area (Å²) in [6.45, 7) is 5.26. The lowest BCUT2D eigenvalue weighted by Gasteiger charge is -2.18. The second-order valence-electron chi connectivity index (χ2n) is 5.03. The van der Waals surface area contributed by atoms with E-state index in [4.69, 9.17) is 4.74 Å². The van der Waals surface area contributed by atoms with Crippen LogP contribution >= 0.6 is 0 Å². The maximum Gasteiger partial charge on any atom is 0.119 e. The number of ether oxygens (including phenoxy) is 1. The summed E-state index contributed by atoms with van der Waals surface area (Å²) >= 11 is 0. The van der Waals surface area contributed by atoms with E-state index >= 15 is 0 Å². The summed E-state index contributed by atoms with van der Waals surface area (Å²) in [5.41, 5.74) is 1.22. The van der Waals surface area contributed by atoms with Gasteiger partial charge in [-0.3, -0.25) is 0 Å². The predicted octanol–water partition coefficient (Wildman–Crippen LogP) is 4.08. The number of rotatable bonds is 5. The normalized spacial score (nSPS) is 23.6. The van der Waals surface area contributed by atoms with Crippen LogP contribution in [-0.4, -0.2) is 12.6 Å². The molecule has 0 heterocycles. The summed E-state index contributed by atoms with van der Waals surface area (Å²) in [6, 6.07) is 9.00. The highest BCUT2D eigenvalue weighted by atomic mass is 16.5. The Morgan fingerprint density at radius 3 is 2.59 bits per heavy atom. The molecule has 1 aromatic carbocycles. The number of nitrogens with one attached hydrogen (secondary N) is 1. The van der Waals surface area contributed by atoms with Gasteiger partial charge in [0.1, 0.15) is 5.75 Å². The summed E-state index contributed by atoms with van der Waals surface area (Å²) in [5, 5.41) is 3.62. The Bertz CT molecular complexity index is 333. The maximum absolute atomic E-state index is 5.57. The fraction of sp³-hybridized carbons (Fsp3) is 0.600. The molecule has 2 nitrogen and oxygen atoms in total. The highest BCUT2D eigenvalue weighted by molar-refractivity contribution is 5.47. The van der Waals surface area contributed by atoms with Crippen LogP contribution in [0.25, 0.3) is 0 Å². The van der Waals surface area contributed by atoms with Crippen LogP contribution in [0.2, 0.25) is 0 Å². The minimum absolute atomic E-state index is 0.650. The molecule has 1 saturated carbocycles. The van der Waals surface area contributed by atoms with Crippen LogP contribution in [0.1, 0.15) is 39.5 Å². The van der Waals surface area contributed by atoms with Crippen LogP contribution in [0.5, 0.6) is 5.75 Å². The molecule has 2 heteroatoms. The third-order valence-electron chi connectivity index (χ3n) is 3.54. The summed E-state index contributed by atoms with van der Waals surface area (Å²) in [4.78, 5) is 0. The standard InChI is InChI=1S/C15H23NO/c1-3-11-17-14-9-7-13(8-10-14)16-15-6-4-5-12(15)2/h7-10,12,15-16H,3-6,11H2,1-2H3. The van der Waals surface area contributed by atoms with Gasteiger partial charge in [0.2, 0.25) is 0 Å². The van der Waals surface area contributed by atoms with Crippen LogP contribution in [0.15, 0.2) is 24.3 Å². The van der Waals surface area contributed by atoms with Gasteiger partial charge < -0.3 is 10.1 Å². The Kier molecular flexibility index (Phi) is 4.29. The average Bonchev–Trinajstić information content (AvgIpc) is 2.74. The number of benzene rings is 1. The SMILES string of the molecule is CCCOc1ccc(NC2CCCC2C)cc1. The van der Waals surface area contributed by atoms with E-state index in [1.165, 1.54) is 24.9 Å². The zero-order valence-electron chi connectivity index (χ0n) is 10.9. The van der Waals surface area contributed by atoms with Gasteiger partial charge in [-0.25, -0.2) is 0 Å². The molecule has 2 unspecified atom stereocenters. The van der Waals surface area contributed by atoms with E-state index in [2.05, 4.69) is 43.4 Å². The Hall–Kier alpha value is -1.18. The Labute approximate surface area is 104 Å². The van der Waals surface area contributed by atoms with E-state index in [1.54, 1.807) is 0 Å². The second kappa shape index (κ2) is 5.95. The van der Waals surface area contributed by atoms with Gasteiger partial charge >= 0.3 is 0 Å². The minimum atomic E-state index is 0.650. The molecule has 17 heavy (non-hydrogen) atoms. The van der Waals surface area contributed by atoms with E-state index in [0.29, 0.717) is 6.04 Å². The van der Waals surface area contributed by atoms with Gasteiger partial charge in [-0.2, -0.15) is 0 Å². The Morgan fingerprint density at radius 1 is 1.24 bits per heavy atom. The van der Waals surface area contributed by atoms with E-state index in [-0.39, 0.29) is 0 Å². The molecule has 1 aliphatic carbocycles. The first kappa shape index (κ1) is 12.3. The molecule has 1 aliphatic rings. The van der Waals surface area contributed by atoms with Gasteiger partial charge in [0.15, 0.2) is 0 Å². The first-order valence-corrected chi connectivity index (χ1v) is 6.79. The first-order chi connectivity index (χ1) is 8.29. The topological polar surface area (TPSA) is 21.3 Å². The summed E-state index contributed by atoms with van der Waals surface area (Å²) in [6.07, 6.45) is 5.07. The molecule has 1 fully saturated rings. The lowest BCUT2D eigenvalue weighted by Crippen LogP contribution is -2.21. The molecule has 1 N–H and O–H groups in total. The van der Waals surface area contributed by atoms with Crippen molar-refractivity contribution in [2.45, 2.75) is 45.6 Å². The molecule has 2 rings (SSSR count). The highest BCUT2D eigenvalue weighted by Crippen LogP contribution is 2.28. The third kappa shape index (κ3) is 3.39. The minimum Gasteiger partial charge on any atom is -0.494 e. The van der Waals surface area contributed by atoms with Crippen molar-refractivity contribution in [3.05, 3.63) is 24.3 Å². The van der Waals surface area contributed by atoms with Gasteiger partial charge in [0.25, 0.3) is 0 Å². The summed E-state index contributed by atoms with van der Waals surface area (Å²) < 4.78 is 5.57. The van der Waals surface area contributed by atoms with Crippen molar-refractivity contribution in [2.75, 3.05) is 11.9 Å². The van der Waals surface area contributed by atoms with Gasteiger partial charge in [-0.1, -0.05) is 20.3 Å². The van der Waals surface area contributed by atoms with Crippen molar-refractivity contribution >= 4 is 5.69 Å². The van der Waals surface area contributed by atoms with Gasteiger partial charge in [0.05, 0.1) is 6.61 Å². The monoisotopic (exact) mass is 233 g/mol. The quantitative estimate of drug-likeness (QED) is 0.827. The van der Waals surface area contributed by atoms with Crippen LogP contribution in [0, 0.1) is 5.92 Å². The Balaban J connectivity index is 1.89. The molecule has 1 aromatic rings. The molecule has 0 spiro atoms. The molecular weight excluding hydrogens is 210 g/mol. The summed E-state index contributed by atoms with van der Waals surface area (Å²) in [7, 11) is 0. The van der Waals surface area contributed by atoms with Crippen LogP contribution < -0.4 is 10.1 Å². The maximum atomic E-state index is 5.57. The van der Waals surface area contributed by atoms with Gasteiger partial charge in [-0.05, 0) is 49.4 Å². The van der Waals surface area contributed by atoms with Crippen molar-refractivity contribution in [1.82, 2.24) is 0 Å². The van der Waals surface area contributed by atoms with E-state index in [0.717, 1.165) is 24.7 Å². The summed E-state index contributed by atoms with van der Waals surface area (Å²) in [5.74, 6) is 1.77. The van der Waals surface area contributed by atoms with Crippen molar-refractivity contribution in [3.63, 3.8) is 0 Å². The molecule has 0 amide bonds. The van der Waals surface area contributed by atoms with Crippen molar-refractivity contribution < 1.29 is 4.74 Å². The average molecular weight is 233 g/mol. The highest BCUT2D eigenvalue weighted by Gasteiger charge is 2.22. The molecule has 94 valence electrons. The number of anilines is 1. The number of hydrogen-bond donors (Lipinski definition) is 1. The van der Waals surface area contributed by atoms with Crippen LogP contribution in [0.3, 0.4) is 0 Å². The zero-order chi connectivity index (χ0) is 12.1. The first-order valence-electron chi connectivity index (χ1n) is 6.79. The van der Waals surface area contributed by atoms with Crippen molar-refractivity contribution in [2.24, 2.45) is 5.92 Å². The largest absolute Gasteiger partial charge is 0.494 e. The molecule has 0 aromatic heterocycles. The second-order valence-corrected chi connectivity index (χ2v) is 5.03. The zero-order valence-corrected chi connectivity index (χ0v) is 10.9. The predicted molar refractivity (Wildman–Crippen MR) is 72.7 cm³/mol. The third-order valence-corrected chi connectivity index (χ3v) is 3.54. The lowest BCUT2D eigenvalue weighted by molar-refractivity contribution is 0.317. The molecular formula is C15H23NO.